The van der Waals surface area contributed by atoms with Crippen LogP contribution >= 0.6 is 0 Å². The average Bonchev–Trinajstić information content (AvgIpc) is 3.18. The highest BCUT2D eigenvalue weighted by atomic mass is 14.9. The number of hydrogen-bond donors (Lipinski definition) is 0. The van der Waals surface area contributed by atoms with E-state index in [2.05, 4.69) is 119 Å². The zero-order valence-electron chi connectivity index (χ0n) is 28.0. The number of aryl methyl sites for hydroxylation is 2. The molecule has 0 bridgehead atoms. The van der Waals surface area contributed by atoms with Crippen LogP contribution < -0.4 is 0 Å². The van der Waals surface area contributed by atoms with Crippen LogP contribution in [0.5, 0.6) is 0 Å². The SMILES string of the molecule is Cc1cc(-c2ccc(-c3cc(-c4ccc(-c5ccccn5)cc4)cc(-c4nc(-c5ccccc5)cc(-c5ccccc5)n4)c3)cc2)cc(C)n1. The van der Waals surface area contributed by atoms with Crippen molar-refractivity contribution in [2.24, 2.45) is 0 Å². The highest BCUT2D eigenvalue weighted by Gasteiger charge is 2.14. The lowest BCUT2D eigenvalue weighted by molar-refractivity contribution is 1.12. The van der Waals surface area contributed by atoms with Gasteiger partial charge < -0.3 is 0 Å². The minimum Gasteiger partial charge on any atom is -0.258 e. The first-order valence-corrected chi connectivity index (χ1v) is 16.8. The molecule has 8 rings (SSSR count). The van der Waals surface area contributed by atoms with Crippen molar-refractivity contribution in [3.63, 3.8) is 0 Å². The fourth-order valence-corrected chi connectivity index (χ4v) is 6.40. The summed E-state index contributed by atoms with van der Waals surface area (Å²) in [6.45, 7) is 4.08. The average molecular weight is 643 g/mol. The van der Waals surface area contributed by atoms with Crippen LogP contribution in [0.4, 0.5) is 0 Å². The monoisotopic (exact) mass is 642 g/mol. The highest BCUT2D eigenvalue weighted by molar-refractivity contribution is 5.82. The van der Waals surface area contributed by atoms with Crippen molar-refractivity contribution in [2.45, 2.75) is 13.8 Å². The molecule has 0 saturated carbocycles. The van der Waals surface area contributed by atoms with E-state index in [9.17, 15) is 0 Å². The zero-order valence-corrected chi connectivity index (χ0v) is 28.0. The predicted octanol–water partition coefficient (Wildman–Crippen LogP) is 11.6. The molecule has 8 aromatic rings. The molecule has 0 N–H and O–H groups in total. The summed E-state index contributed by atoms with van der Waals surface area (Å²) >= 11 is 0. The van der Waals surface area contributed by atoms with E-state index in [1.54, 1.807) is 0 Å². The van der Waals surface area contributed by atoms with Gasteiger partial charge in [-0.15, -0.1) is 0 Å². The Labute approximate surface area is 292 Å². The van der Waals surface area contributed by atoms with Gasteiger partial charge in [-0.2, -0.15) is 0 Å². The number of hydrogen-bond acceptors (Lipinski definition) is 4. The van der Waals surface area contributed by atoms with E-state index in [1.165, 1.54) is 5.56 Å². The molecule has 0 aliphatic carbocycles. The molecule has 0 unspecified atom stereocenters. The van der Waals surface area contributed by atoms with Crippen molar-refractivity contribution in [3.8, 4) is 78.5 Å². The minimum absolute atomic E-state index is 0.678. The van der Waals surface area contributed by atoms with Gasteiger partial charge in [-0.1, -0.05) is 115 Å². The Bertz CT molecular complexity index is 2330. The van der Waals surface area contributed by atoms with Crippen molar-refractivity contribution in [1.29, 1.82) is 0 Å². The molecular formula is C46H34N4. The molecule has 0 aliphatic rings. The van der Waals surface area contributed by atoms with Gasteiger partial charge in [0.1, 0.15) is 0 Å². The first kappa shape index (κ1) is 30.8. The second kappa shape index (κ2) is 13.5. The fourth-order valence-electron chi connectivity index (χ4n) is 6.40. The molecule has 0 radical (unpaired) electrons. The van der Waals surface area contributed by atoms with E-state index in [-0.39, 0.29) is 0 Å². The van der Waals surface area contributed by atoms with Crippen LogP contribution in [0, 0.1) is 13.8 Å². The largest absolute Gasteiger partial charge is 0.258 e. The molecule has 0 atom stereocenters. The van der Waals surface area contributed by atoms with E-state index >= 15 is 0 Å². The summed E-state index contributed by atoms with van der Waals surface area (Å²) < 4.78 is 0. The summed E-state index contributed by atoms with van der Waals surface area (Å²) in [7, 11) is 0. The Kier molecular flexibility index (Phi) is 8.34. The third-order valence-corrected chi connectivity index (χ3v) is 8.87. The fraction of sp³-hybridized carbons (Fsp3) is 0.0435. The maximum absolute atomic E-state index is 5.17. The van der Waals surface area contributed by atoms with E-state index in [0.29, 0.717) is 5.82 Å². The van der Waals surface area contributed by atoms with E-state index < -0.39 is 0 Å². The molecule has 238 valence electrons. The predicted molar refractivity (Wildman–Crippen MR) is 205 cm³/mol. The van der Waals surface area contributed by atoms with Crippen molar-refractivity contribution < 1.29 is 0 Å². The number of rotatable bonds is 7. The van der Waals surface area contributed by atoms with Crippen LogP contribution in [0.2, 0.25) is 0 Å². The molecule has 3 heterocycles. The van der Waals surface area contributed by atoms with Gasteiger partial charge in [-0.25, -0.2) is 9.97 Å². The first-order valence-electron chi connectivity index (χ1n) is 16.8. The Hall–Kier alpha value is -6.52. The van der Waals surface area contributed by atoms with E-state index in [0.717, 1.165) is 78.5 Å². The van der Waals surface area contributed by atoms with Crippen LogP contribution in [-0.4, -0.2) is 19.9 Å². The lowest BCUT2D eigenvalue weighted by Crippen LogP contribution is -1.97. The maximum atomic E-state index is 5.17. The summed E-state index contributed by atoms with van der Waals surface area (Å²) in [5.74, 6) is 0.678. The van der Waals surface area contributed by atoms with Gasteiger partial charge in [-0.3, -0.25) is 9.97 Å². The second-order valence-electron chi connectivity index (χ2n) is 12.5. The summed E-state index contributed by atoms with van der Waals surface area (Å²) in [6.07, 6.45) is 1.83. The van der Waals surface area contributed by atoms with Gasteiger partial charge in [0.15, 0.2) is 5.82 Å². The molecule has 4 heteroatoms. The van der Waals surface area contributed by atoms with Gasteiger partial charge in [0.05, 0.1) is 17.1 Å². The number of nitrogens with zero attached hydrogens (tertiary/aromatic N) is 4. The van der Waals surface area contributed by atoms with Gasteiger partial charge in [0.2, 0.25) is 0 Å². The summed E-state index contributed by atoms with van der Waals surface area (Å²) in [6, 6.07) is 57.0. The lowest BCUT2D eigenvalue weighted by atomic mass is 9.94. The Balaban J connectivity index is 1.27. The number of pyridine rings is 2. The summed E-state index contributed by atoms with van der Waals surface area (Å²) in [5.41, 5.74) is 15.6. The number of aromatic nitrogens is 4. The van der Waals surface area contributed by atoms with Crippen molar-refractivity contribution in [1.82, 2.24) is 19.9 Å². The molecule has 5 aromatic carbocycles. The van der Waals surface area contributed by atoms with Gasteiger partial charge >= 0.3 is 0 Å². The zero-order chi connectivity index (χ0) is 33.9. The van der Waals surface area contributed by atoms with Crippen molar-refractivity contribution >= 4 is 0 Å². The molecule has 0 spiro atoms. The Morgan fingerprint density at radius 1 is 0.300 bits per heavy atom. The molecule has 4 nitrogen and oxygen atoms in total. The molecular weight excluding hydrogens is 609 g/mol. The Morgan fingerprint density at radius 3 is 1.20 bits per heavy atom. The molecule has 0 amide bonds. The molecule has 3 aromatic heterocycles. The molecule has 0 fully saturated rings. The standard InChI is InChI=1S/C46H34N4/c1-31-25-39(26-32(2)48-31)33-16-18-34(19-17-33)40-27-41(35-20-22-38(23-21-35)43-15-9-10-24-47-43)29-42(28-40)46-49-44(36-11-5-3-6-12-36)30-45(50-46)37-13-7-4-8-14-37/h3-30H,1-2H3. The topological polar surface area (TPSA) is 51.6 Å². The van der Waals surface area contributed by atoms with Crippen LogP contribution in [0.15, 0.2) is 170 Å². The maximum Gasteiger partial charge on any atom is 0.160 e. The molecule has 0 aliphatic heterocycles. The lowest BCUT2D eigenvalue weighted by Gasteiger charge is -2.14. The normalized spacial score (nSPS) is 11.0. The van der Waals surface area contributed by atoms with Crippen molar-refractivity contribution in [3.05, 3.63) is 181 Å². The van der Waals surface area contributed by atoms with Crippen LogP contribution in [0.3, 0.4) is 0 Å². The quantitative estimate of drug-likeness (QED) is 0.174. The third kappa shape index (κ3) is 6.60. The second-order valence-corrected chi connectivity index (χ2v) is 12.5. The highest BCUT2D eigenvalue weighted by Crippen LogP contribution is 2.35. The first-order chi connectivity index (χ1) is 24.6. The minimum atomic E-state index is 0.678. The van der Waals surface area contributed by atoms with E-state index in [4.69, 9.17) is 9.97 Å². The smallest absolute Gasteiger partial charge is 0.160 e. The van der Waals surface area contributed by atoms with Crippen LogP contribution in [0.1, 0.15) is 11.4 Å². The van der Waals surface area contributed by atoms with Gasteiger partial charge in [0, 0.05) is 39.8 Å². The molecule has 0 saturated heterocycles. The van der Waals surface area contributed by atoms with Gasteiger partial charge in [0.25, 0.3) is 0 Å². The molecule has 50 heavy (non-hydrogen) atoms. The van der Waals surface area contributed by atoms with Gasteiger partial charge in [-0.05, 0) is 95.8 Å². The summed E-state index contributed by atoms with van der Waals surface area (Å²) in [5, 5.41) is 0. The third-order valence-electron chi connectivity index (χ3n) is 8.87. The summed E-state index contributed by atoms with van der Waals surface area (Å²) in [4.78, 5) is 19.4. The van der Waals surface area contributed by atoms with Crippen LogP contribution in [-0.2, 0) is 0 Å². The number of benzene rings is 5. The van der Waals surface area contributed by atoms with Crippen LogP contribution in [0.25, 0.3) is 78.5 Å². The Morgan fingerprint density at radius 2 is 0.720 bits per heavy atom. The van der Waals surface area contributed by atoms with E-state index in [1.807, 2.05) is 74.6 Å². The van der Waals surface area contributed by atoms with Crippen molar-refractivity contribution in [2.75, 3.05) is 0 Å².